The molecule has 7 N–H and O–H groups in total. The van der Waals surface area contributed by atoms with Crippen molar-refractivity contribution in [3.63, 3.8) is 0 Å². The van der Waals surface area contributed by atoms with E-state index >= 15 is 0 Å². The zero-order chi connectivity index (χ0) is 17.4. The second kappa shape index (κ2) is 8.18. The monoisotopic (exact) mass is 410 g/mol. The van der Waals surface area contributed by atoms with Gasteiger partial charge in [-0.3, -0.25) is 10.8 Å². The highest BCUT2D eigenvalue weighted by molar-refractivity contribution is 7.20. The number of thiophene rings is 1. The largest absolute Gasteiger partial charge is 0.478 e. The van der Waals surface area contributed by atoms with Gasteiger partial charge in [-0.25, -0.2) is 4.79 Å². The molecule has 0 aliphatic carbocycles. The van der Waals surface area contributed by atoms with Crippen LogP contribution in [-0.4, -0.2) is 22.7 Å². The first-order valence-electron chi connectivity index (χ1n) is 6.97. The van der Waals surface area contributed by atoms with Crippen LogP contribution < -0.4 is 11.5 Å². The van der Waals surface area contributed by atoms with E-state index in [1.807, 2.05) is 24.3 Å². The first kappa shape index (κ1) is 21.4. The topological polar surface area (TPSA) is 137 Å². The molecule has 136 valence electrons. The molecule has 1 heterocycles. The van der Waals surface area contributed by atoms with E-state index in [1.165, 1.54) is 23.5 Å². The van der Waals surface area contributed by atoms with Crippen LogP contribution in [0.2, 0.25) is 0 Å². The lowest BCUT2D eigenvalue weighted by Gasteiger charge is -2.11. The second-order valence-corrected chi connectivity index (χ2v) is 6.30. The van der Waals surface area contributed by atoms with Crippen LogP contribution in [0.3, 0.4) is 0 Å². The van der Waals surface area contributed by atoms with Gasteiger partial charge in [-0.05, 0) is 35.4 Å². The van der Waals surface area contributed by atoms with Crippen molar-refractivity contribution < 1.29 is 9.90 Å². The molecule has 0 aliphatic rings. The normalized spacial score (nSPS) is 9.85. The lowest BCUT2D eigenvalue weighted by Crippen LogP contribution is -2.14. The number of amidine groups is 2. The highest BCUT2D eigenvalue weighted by atomic mass is 35.5. The predicted molar refractivity (Wildman–Crippen MR) is 111 cm³/mol. The van der Waals surface area contributed by atoms with Crippen LogP contribution in [0.5, 0.6) is 0 Å². The molecule has 0 radical (unpaired) electrons. The molecule has 0 unspecified atom stereocenters. The van der Waals surface area contributed by atoms with Crippen LogP contribution >= 0.6 is 36.2 Å². The number of carboxylic acid groups (broad SMARTS) is 1. The molecule has 2 aromatic carbocycles. The van der Waals surface area contributed by atoms with Gasteiger partial charge in [0.2, 0.25) is 0 Å². The molecule has 3 rings (SSSR count). The molecular formula is C17H16Cl2N4O2S. The zero-order valence-corrected chi connectivity index (χ0v) is 15.7. The smallest absolute Gasteiger partial charge is 0.335 e. The minimum absolute atomic E-state index is 0. The van der Waals surface area contributed by atoms with Gasteiger partial charge in [-0.2, -0.15) is 0 Å². The molecule has 6 nitrogen and oxygen atoms in total. The summed E-state index contributed by atoms with van der Waals surface area (Å²) in [5.41, 5.74) is 13.2. The van der Waals surface area contributed by atoms with Crippen LogP contribution in [0, 0.1) is 10.8 Å². The molecule has 0 spiro atoms. The average molecular weight is 411 g/mol. The third-order valence-corrected chi connectivity index (χ3v) is 4.81. The Morgan fingerprint density at radius 1 is 0.962 bits per heavy atom. The minimum atomic E-state index is -1.07. The quantitative estimate of drug-likeness (QED) is 0.330. The predicted octanol–water partition coefficient (Wildman–Crippen LogP) is 3.68. The van der Waals surface area contributed by atoms with Gasteiger partial charge in [0.25, 0.3) is 0 Å². The maximum absolute atomic E-state index is 11.2. The zero-order valence-electron chi connectivity index (χ0n) is 13.3. The number of aromatic carboxylic acids is 1. The van der Waals surface area contributed by atoms with Crippen molar-refractivity contribution in [3.05, 3.63) is 58.5 Å². The van der Waals surface area contributed by atoms with Crippen molar-refractivity contribution in [2.45, 2.75) is 0 Å². The third kappa shape index (κ3) is 3.80. The Balaban J connectivity index is 0.00000169. The number of benzene rings is 2. The molecule has 0 saturated heterocycles. The van der Waals surface area contributed by atoms with Gasteiger partial charge in [0.05, 0.1) is 10.4 Å². The molecule has 0 atom stereocenters. The van der Waals surface area contributed by atoms with Crippen LogP contribution in [0.4, 0.5) is 0 Å². The van der Waals surface area contributed by atoms with Crippen molar-refractivity contribution in [2.24, 2.45) is 11.5 Å². The first-order chi connectivity index (χ1) is 11.4. The number of rotatable bonds is 4. The van der Waals surface area contributed by atoms with Gasteiger partial charge in [0.15, 0.2) is 0 Å². The van der Waals surface area contributed by atoms with Crippen molar-refractivity contribution in [1.29, 1.82) is 10.8 Å². The molecule has 0 amide bonds. The summed E-state index contributed by atoms with van der Waals surface area (Å²) in [7, 11) is 0. The van der Waals surface area contributed by atoms with Crippen molar-refractivity contribution in [2.75, 3.05) is 0 Å². The Morgan fingerprint density at radius 2 is 1.65 bits per heavy atom. The van der Waals surface area contributed by atoms with Crippen LogP contribution in [-0.2, 0) is 0 Å². The highest BCUT2D eigenvalue weighted by Gasteiger charge is 2.15. The Labute approximate surface area is 165 Å². The number of carbonyl (C=O) groups is 1. The average Bonchev–Trinajstić information content (AvgIpc) is 2.98. The van der Waals surface area contributed by atoms with E-state index in [-0.39, 0.29) is 42.0 Å². The molecule has 3 aromatic rings. The number of nitrogens with one attached hydrogen (secondary N) is 2. The summed E-state index contributed by atoms with van der Waals surface area (Å²) in [4.78, 5) is 11.8. The fourth-order valence-corrected chi connectivity index (χ4v) is 3.51. The van der Waals surface area contributed by atoms with Gasteiger partial charge in [-0.15, -0.1) is 36.2 Å². The van der Waals surface area contributed by atoms with Crippen molar-refractivity contribution in [1.82, 2.24) is 0 Å². The van der Waals surface area contributed by atoms with Gasteiger partial charge in [-0.1, -0.05) is 18.2 Å². The molecule has 9 heteroatoms. The van der Waals surface area contributed by atoms with E-state index in [2.05, 4.69) is 0 Å². The van der Waals surface area contributed by atoms with E-state index in [4.69, 9.17) is 27.4 Å². The lowest BCUT2D eigenvalue weighted by atomic mass is 9.94. The van der Waals surface area contributed by atoms with Crippen molar-refractivity contribution in [3.8, 4) is 11.1 Å². The fraction of sp³-hybridized carbons (Fsp3) is 0. The minimum Gasteiger partial charge on any atom is -0.478 e. The number of hydrogen-bond donors (Lipinski definition) is 5. The second-order valence-electron chi connectivity index (χ2n) is 5.22. The summed E-state index contributed by atoms with van der Waals surface area (Å²) in [6.45, 7) is 0. The van der Waals surface area contributed by atoms with Gasteiger partial charge < -0.3 is 16.6 Å². The molecule has 1 aromatic heterocycles. The first-order valence-corrected chi connectivity index (χ1v) is 7.79. The molecule has 0 fully saturated rings. The molecule has 0 aliphatic heterocycles. The fourth-order valence-electron chi connectivity index (χ4n) is 2.56. The Hall–Kier alpha value is -2.61. The number of halogens is 2. The summed E-state index contributed by atoms with van der Waals surface area (Å²) in [6, 6.07) is 12.0. The summed E-state index contributed by atoms with van der Waals surface area (Å²) < 4.78 is 0.953. The molecule has 0 bridgehead atoms. The van der Waals surface area contributed by atoms with Crippen LogP contribution in [0.15, 0.2) is 42.5 Å². The Morgan fingerprint density at radius 3 is 2.23 bits per heavy atom. The van der Waals surface area contributed by atoms with E-state index in [9.17, 15) is 4.79 Å². The van der Waals surface area contributed by atoms with Gasteiger partial charge in [0.1, 0.15) is 11.7 Å². The van der Waals surface area contributed by atoms with E-state index < -0.39 is 5.97 Å². The van der Waals surface area contributed by atoms with Crippen LogP contribution in [0.1, 0.15) is 20.8 Å². The number of nitrogens with two attached hydrogens (primary N) is 2. The molecule has 0 saturated carbocycles. The standard InChI is InChI=1S/C17H14N4O2S.2ClH/c18-15(19)12-6-8(17(22)23)4-5-10(12)9-2-1-3-13-11(9)7-14(24-13)16(20)21;;/h1-7H,(H3,18,19)(H3,20,21)(H,22,23);2*1H. The number of fused-ring (bicyclic) bond motifs is 1. The van der Waals surface area contributed by atoms with Crippen LogP contribution in [0.25, 0.3) is 21.2 Å². The highest BCUT2D eigenvalue weighted by Crippen LogP contribution is 2.35. The van der Waals surface area contributed by atoms with Gasteiger partial charge in [0, 0.05) is 15.6 Å². The van der Waals surface area contributed by atoms with E-state index in [1.54, 1.807) is 6.07 Å². The Bertz CT molecular complexity index is 1020. The summed E-state index contributed by atoms with van der Waals surface area (Å²) in [6.07, 6.45) is 0. The van der Waals surface area contributed by atoms with Gasteiger partial charge >= 0.3 is 5.97 Å². The number of nitrogen functional groups attached to an aromatic ring is 2. The van der Waals surface area contributed by atoms with E-state index in [0.29, 0.717) is 16.0 Å². The lowest BCUT2D eigenvalue weighted by molar-refractivity contribution is 0.0697. The van der Waals surface area contributed by atoms with Crippen molar-refractivity contribution >= 4 is 63.9 Å². The summed E-state index contributed by atoms with van der Waals surface area (Å²) in [5.74, 6) is -1.28. The maximum atomic E-state index is 11.2. The number of carboxylic acids is 1. The number of hydrogen-bond acceptors (Lipinski definition) is 4. The molecular weight excluding hydrogens is 395 g/mol. The molecule has 26 heavy (non-hydrogen) atoms. The SMILES string of the molecule is Cl.Cl.N=C(N)c1cc2c(-c3ccc(C(=O)O)cc3C(=N)N)cccc2s1. The maximum Gasteiger partial charge on any atom is 0.335 e. The van der Waals surface area contributed by atoms with E-state index in [0.717, 1.165) is 15.6 Å². The summed E-state index contributed by atoms with van der Waals surface area (Å²) >= 11 is 1.41. The Kier molecular flexibility index (Phi) is 6.74. The summed E-state index contributed by atoms with van der Waals surface area (Å²) in [5, 5.41) is 25.4. The third-order valence-electron chi connectivity index (χ3n) is 3.67.